The number of hydrogen-bond acceptors (Lipinski definition) is 3. The summed E-state index contributed by atoms with van der Waals surface area (Å²) in [6.45, 7) is 5.88. The summed E-state index contributed by atoms with van der Waals surface area (Å²) in [5, 5.41) is 0. The molecule has 0 fully saturated rings. The minimum absolute atomic E-state index is 0.247. The van der Waals surface area contributed by atoms with Gasteiger partial charge in [0, 0.05) is 13.1 Å². The summed E-state index contributed by atoms with van der Waals surface area (Å²) < 4.78 is 4.69. The maximum atomic E-state index is 10.8. The molecule has 0 aromatic heterocycles. The van der Waals surface area contributed by atoms with Gasteiger partial charge in [0.05, 0.1) is 13.0 Å². The average Bonchev–Trinajstić information content (AvgIpc) is 2.07. The second kappa shape index (κ2) is 6.64. The fraction of sp³-hybridized carbons (Fsp3) is 0.625. The molecule has 0 saturated carbocycles. The fourth-order valence-corrected chi connectivity index (χ4v) is 0.696. The summed E-state index contributed by atoms with van der Waals surface area (Å²) in [4.78, 5) is 22.4. The van der Waals surface area contributed by atoms with Crippen molar-refractivity contribution in [1.82, 2.24) is 4.90 Å². The normalized spacial score (nSPS) is 9.17. The van der Waals surface area contributed by atoms with Crippen LogP contribution < -0.4 is 0 Å². The Labute approximate surface area is 72.5 Å². The van der Waals surface area contributed by atoms with Gasteiger partial charge < -0.3 is 9.64 Å². The van der Waals surface area contributed by atoms with Crippen molar-refractivity contribution in [2.75, 3.05) is 13.2 Å². The third-order valence-electron chi connectivity index (χ3n) is 1.35. The van der Waals surface area contributed by atoms with Crippen LogP contribution in [-0.4, -0.2) is 30.4 Å². The van der Waals surface area contributed by atoms with E-state index in [0.29, 0.717) is 19.6 Å². The Kier molecular flexibility index (Phi) is 6.05. The highest BCUT2D eigenvalue weighted by atomic mass is 16.5. The molecule has 69 valence electrons. The molecule has 4 heteroatoms. The van der Waals surface area contributed by atoms with Gasteiger partial charge in [-0.15, -0.1) is 0 Å². The molecule has 0 aromatic rings. The zero-order valence-electron chi connectivity index (χ0n) is 7.45. The van der Waals surface area contributed by atoms with Crippen LogP contribution in [-0.2, 0) is 14.3 Å². The molecule has 0 saturated heterocycles. The summed E-state index contributed by atoms with van der Waals surface area (Å²) >= 11 is 0. The Morgan fingerprint density at radius 1 is 1.58 bits per heavy atom. The van der Waals surface area contributed by atoms with Crippen LogP contribution in [0.15, 0.2) is 0 Å². The van der Waals surface area contributed by atoms with Crippen LogP contribution >= 0.6 is 0 Å². The van der Waals surface area contributed by atoms with Crippen LogP contribution in [0.25, 0.3) is 0 Å². The number of amides is 1. The van der Waals surface area contributed by atoms with Gasteiger partial charge in [-0.3, -0.25) is 9.59 Å². The SMILES string of the molecule is C[CH]N(C=O)CCC(=O)OCC. The fourth-order valence-electron chi connectivity index (χ4n) is 0.696. The molecule has 0 heterocycles. The Bertz CT molecular complexity index is 147. The van der Waals surface area contributed by atoms with E-state index in [1.807, 2.05) is 0 Å². The maximum absolute atomic E-state index is 10.8. The van der Waals surface area contributed by atoms with E-state index in [0.717, 1.165) is 0 Å². The number of ether oxygens (including phenoxy) is 1. The Morgan fingerprint density at radius 3 is 2.67 bits per heavy atom. The lowest BCUT2D eigenvalue weighted by Gasteiger charge is -2.12. The molecule has 0 aliphatic carbocycles. The summed E-state index contributed by atoms with van der Waals surface area (Å²) in [7, 11) is 0. The van der Waals surface area contributed by atoms with Gasteiger partial charge in [0.2, 0.25) is 6.41 Å². The average molecular weight is 172 g/mol. The lowest BCUT2D eigenvalue weighted by Crippen LogP contribution is -2.21. The van der Waals surface area contributed by atoms with E-state index in [4.69, 9.17) is 0 Å². The largest absolute Gasteiger partial charge is 0.466 e. The van der Waals surface area contributed by atoms with Crippen molar-refractivity contribution in [3.63, 3.8) is 0 Å². The van der Waals surface area contributed by atoms with Gasteiger partial charge in [-0.2, -0.15) is 0 Å². The first-order valence-corrected chi connectivity index (χ1v) is 3.90. The lowest BCUT2D eigenvalue weighted by molar-refractivity contribution is -0.143. The molecule has 1 amide bonds. The molecule has 0 N–H and O–H groups in total. The highest BCUT2D eigenvalue weighted by Crippen LogP contribution is 1.92. The minimum atomic E-state index is -0.272. The third-order valence-corrected chi connectivity index (χ3v) is 1.35. The predicted octanol–water partition coefficient (Wildman–Crippen LogP) is 0.580. The van der Waals surface area contributed by atoms with E-state index in [-0.39, 0.29) is 12.4 Å². The van der Waals surface area contributed by atoms with E-state index < -0.39 is 0 Å². The monoisotopic (exact) mass is 172 g/mol. The first kappa shape index (κ1) is 10.9. The van der Waals surface area contributed by atoms with Crippen molar-refractivity contribution >= 4 is 12.4 Å². The van der Waals surface area contributed by atoms with Crippen LogP contribution in [0.3, 0.4) is 0 Å². The molecular formula is C8H14NO3. The number of rotatable bonds is 6. The summed E-state index contributed by atoms with van der Waals surface area (Å²) in [5.74, 6) is -0.272. The van der Waals surface area contributed by atoms with Gasteiger partial charge in [0.25, 0.3) is 0 Å². The molecule has 0 rings (SSSR count). The summed E-state index contributed by atoms with van der Waals surface area (Å²) in [5.41, 5.74) is 0. The molecule has 0 bridgehead atoms. The van der Waals surface area contributed by atoms with Gasteiger partial charge in [-0.25, -0.2) is 0 Å². The molecule has 0 atom stereocenters. The standard InChI is InChI=1S/C8H14NO3/c1-3-9(7-10)6-5-8(11)12-4-2/h3,7H,4-6H2,1-2H3. The van der Waals surface area contributed by atoms with E-state index in [1.54, 1.807) is 20.4 Å². The zero-order chi connectivity index (χ0) is 9.40. The smallest absolute Gasteiger partial charge is 0.307 e. The van der Waals surface area contributed by atoms with Gasteiger partial charge in [-0.1, -0.05) is 0 Å². The number of nitrogens with zero attached hydrogens (tertiary/aromatic N) is 1. The predicted molar refractivity (Wildman–Crippen MR) is 44.0 cm³/mol. The van der Waals surface area contributed by atoms with E-state index in [2.05, 4.69) is 4.74 Å². The van der Waals surface area contributed by atoms with E-state index >= 15 is 0 Å². The molecule has 0 spiro atoms. The van der Waals surface area contributed by atoms with Crippen LogP contribution in [0.5, 0.6) is 0 Å². The molecule has 1 radical (unpaired) electrons. The van der Waals surface area contributed by atoms with Crippen molar-refractivity contribution in [2.24, 2.45) is 0 Å². The first-order valence-electron chi connectivity index (χ1n) is 3.90. The van der Waals surface area contributed by atoms with Crippen molar-refractivity contribution in [2.45, 2.75) is 20.3 Å². The third kappa shape index (κ3) is 4.71. The second-order valence-corrected chi connectivity index (χ2v) is 2.16. The molecular weight excluding hydrogens is 158 g/mol. The van der Waals surface area contributed by atoms with Crippen LogP contribution in [0, 0.1) is 6.54 Å². The maximum Gasteiger partial charge on any atom is 0.307 e. The molecule has 0 aliphatic heterocycles. The number of hydrogen-bond donors (Lipinski definition) is 0. The van der Waals surface area contributed by atoms with Gasteiger partial charge in [-0.05, 0) is 13.8 Å². The molecule has 0 aromatic carbocycles. The molecule has 4 nitrogen and oxygen atoms in total. The highest BCUT2D eigenvalue weighted by molar-refractivity contribution is 5.69. The quantitative estimate of drug-likeness (QED) is 0.435. The molecule has 0 aliphatic rings. The minimum Gasteiger partial charge on any atom is -0.466 e. The van der Waals surface area contributed by atoms with Crippen LogP contribution in [0.1, 0.15) is 20.3 Å². The van der Waals surface area contributed by atoms with E-state index in [9.17, 15) is 9.59 Å². The van der Waals surface area contributed by atoms with E-state index in [1.165, 1.54) is 4.90 Å². The first-order chi connectivity index (χ1) is 5.74. The van der Waals surface area contributed by atoms with Crippen LogP contribution in [0.2, 0.25) is 0 Å². The number of carbonyl (C=O) groups is 2. The van der Waals surface area contributed by atoms with Crippen molar-refractivity contribution in [3.8, 4) is 0 Å². The highest BCUT2D eigenvalue weighted by Gasteiger charge is 2.04. The Balaban J connectivity index is 3.51. The second-order valence-electron chi connectivity index (χ2n) is 2.16. The zero-order valence-corrected chi connectivity index (χ0v) is 7.45. The lowest BCUT2D eigenvalue weighted by atomic mass is 10.4. The number of esters is 1. The van der Waals surface area contributed by atoms with Crippen molar-refractivity contribution in [3.05, 3.63) is 6.54 Å². The van der Waals surface area contributed by atoms with Gasteiger partial charge in [0.15, 0.2) is 0 Å². The topological polar surface area (TPSA) is 46.6 Å². The van der Waals surface area contributed by atoms with Crippen molar-refractivity contribution in [1.29, 1.82) is 0 Å². The Hall–Kier alpha value is -1.06. The Morgan fingerprint density at radius 2 is 2.25 bits per heavy atom. The van der Waals surface area contributed by atoms with Crippen molar-refractivity contribution < 1.29 is 14.3 Å². The number of carbonyl (C=O) groups excluding carboxylic acids is 2. The molecule has 12 heavy (non-hydrogen) atoms. The van der Waals surface area contributed by atoms with Crippen LogP contribution in [0.4, 0.5) is 0 Å². The summed E-state index contributed by atoms with van der Waals surface area (Å²) in [6.07, 6.45) is 0.927. The van der Waals surface area contributed by atoms with Gasteiger partial charge in [0.1, 0.15) is 0 Å². The molecule has 0 unspecified atom stereocenters. The van der Waals surface area contributed by atoms with Gasteiger partial charge >= 0.3 is 5.97 Å². The summed E-state index contributed by atoms with van der Waals surface area (Å²) in [6, 6.07) is 0.